The van der Waals surface area contributed by atoms with Crippen molar-refractivity contribution in [2.75, 3.05) is 13.7 Å². The van der Waals surface area contributed by atoms with Gasteiger partial charge in [0.25, 0.3) is 0 Å². The van der Waals surface area contributed by atoms with Gasteiger partial charge >= 0.3 is 5.97 Å². The summed E-state index contributed by atoms with van der Waals surface area (Å²) >= 11 is 0. The van der Waals surface area contributed by atoms with E-state index in [0.717, 1.165) is 30.9 Å². The molecule has 0 bridgehead atoms. The molecule has 2 aromatic carbocycles. The number of hydrogen-bond donors (Lipinski definition) is 1. The fourth-order valence-electron chi connectivity index (χ4n) is 2.28. The number of carbonyl (C=O) groups is 1. The van der Waals surface area contributed by atoms with Crippen molar-refractivity contribution in [2.24, 2.45) is 0 Å². The molecule has 0 saturated carbocycles. The molecule has 0 amide bonds. The van der Waals surface area contributed by atoms with Gasteiger partial charge in [0.2, 0.25) is 0 Å². The molecule has 0 atom stereocenters. The van der Waals surface area contributed by atoms with Crippen molar-refractivity contribution in [2.45, 2.75) is 20.0 Å². The number of benzene rings is 2. The van der Waals surface area contributed by atoms with Crippen LogP contribution in [-0.4, -0.2) is 29.6 Å². The summed E-state index contributed by atoms with van der Waals surface area (Å²) in [5.74, 6) is -0.0341. The van der Waals surface area contributed by atoms with Gasteiger partial charge in [-0.05, 0) is 41.9 Å². The minimum absolute atomic E-state index is 0.321. The van der Waals surface area contributed by atoms with Crippen LogP contribution >= 0.6 is 0 Å². The SMILES string of the molecule is CCN(Cc1ccc(OC)cc1)Cc1ccc(C(=O)O)cc1. The third-order valence-corrected chi connectivity index (χ3v) is 3.62. The largest absolute Gasteiger partial charge is 0.497 e. The monoisotopic (exact) mass is 299 g/mol. The van der Waals surface area contributed by atoms with E-state index < -0.39 is 5.97 Å². The van der Waals surface area contributed by atoms with Gasteiger partial charge in [-0.25, -0.2) is 4.79 Å². The van der Waals surface area contributed by atoms with E-state index in [4.69, 9.17) is 9.84 Å². The highest BCUT2D eigenvalue weighted by atomic mass is 16.5. The predicted molar refractivity (Wildman–Crippen MR) is 86.2 cm³/mol. The minimum atomic E-state index is -0.892. The molecule has 22 heavy (non-hydrogen) atoms. The molecule has 0 fully saturated rings. The molecule has 116 valence electrons. The summed E-state index contributed by atoms with van der Waals surface area (Å²) in [7, 11) is 1.66. The standard InChI is InChI=1S/C18H21NO3/c1-3-19(13-15-6-10-17(22-2)11-7-15)12-14-4-8-16(9-5-14)18(20)21/h4-11H,3,12-13H2,1-2H3,(H,20,21). The van der Waals surface area contributed by atoms with E-state index in [1.807, 2.05) is 24.3 Å². The van der Waals surface area contributed by atoms with Crippen molar-refractivity contribution in [1.29, 1.82) is 0 Å². The number of rotatable bonds is 7. The Morgan fingerprint density at radius 2 is 1.50 bits per heavy atom. The Balaban J connectivity index is 2.00. The third-order valence-electron chi connectivity index (χ3n) is 3.62. The number of carboxylic acids is 1. The molecule has 0 aromatic heterocycles. The van der Waals surface area contributed by atoms with Gasteiger partial charge < -0.3 is 9.84 Å². The van der Waals surface area contributed by atoms with E-state index >= 15 is 0 Å². The van der Waals surface area contributed by atoms with Gasteiger partial charge in [-0.3, -0.25) is 4.90 Å². The van der Waals surface area contributed by atoms with E-state index in [-0.39, 0.29) is 0 Å². The second-order valence-corrected chi connectivity index (χ2v) is 5.15. The molecular formula is C18H21NO3. The summed E-state index contributed by atoms with van der Waals surface area (Å²) in [6.45, 7) is 4.69. The second kappa shape index (κ2) is 7.61. The first kappa shape index (κ1) is 16.0. The van der Waals surface area contributed by atoms with Crippen LogP contribution in [0.25, 0.3) is 0 Å². The van der Waals surface area contributed by atoms with Crippen LogP contribution in [0.4, 0.5) is 0 Å². The lowest BCUT2D eigenvalue weighted by atomic mass is 10.1. The summed E-state index contributed by atoms with van der Waals surface area (Å²) in [5.41, 5.74) is 2.66. The summed E-state index contributed by atoms with van der Waals surface area (Å²) in [5, 5.41) is 8.92. The van der Waals surface area contributed by atoms with Crippen molar-refractivity contribution in [3.05, 3.63) is 65.2 Å². The lowest BCUT2D eigenvalue weighted by Gasteiger charge is -2.20. The highest BCUT2D eigenvalue weighted by molar-refractivity contribution is 5.87. The van der Waals surface area contributed by atoms with Crippen molar-refractivity contribution in [3.63, 3.8) is 0 Å². The molecule has 1 N–H and O–H groups in total. The first-order chi connectivity index (χ1) is 10.6. The van der Waals surface area contributed by atoms with Gasteiger partial charge in [0.15, 0.2) is 0 Å². The Morgan fingerprint density at radius 3 is 1.91 bits per heavy atom. The Hall–Kier alpha value is -2.33. The Morgan fingerprint density at radius 1 is 1.00 bits per heavy atom. The van der Waals surface area contributed by atoms with Crippen LogP contribution in [0.5, 0.6) is 5.75 Å². The number of ether oxygens (including phenoxy) is 1. The van der Waals surface area contributed by atoms with Crippen molar-refractivity contribution in [3.8, 4) is 5.75 Å². The topological polar surface area (TPSA) is 49.8 Å². The van der Waals surface area contributed by atoms with Gasteiger partial charge in [0, 0.05) is 13.1 Å². The molecule has 0 heterocycles. The maximum absolute atomic E-state index is 10.9. The molecule has 0 aliphatic heterocycles. The van der Waals surface area contributed by atoms with Crippen molar-refractivity contribution >= 4 is 5.97 Å². The zero-order valence-electron chi connectivity index (χ0n) is 13.0. The predicted octanol–water partition coefficient (Wildman–Crippen LogP) is 3.42. The van der Waals surface area contributed by atoms with Gasteiger partial charge in [0.05, 0.1) is 12.7 Å². The number of carboxylic acid groups (broad SMARTS) is 1. The normalized spacial score (nSPS) is 10.7. The molecule has 4 nitrogen and oxygen atoms in total. The highest BCUT2D eigenvalue weighted by Crippen LogP contribution is 2.15. The fraction of sp³-hybridized carbons (Fsp3) is 0.278. The zero-order chi connectivity index (χ0) is 15.9. The summed E-state index contributed by atoms with van der Waals surface area (Å²) in [6.07, 6.45) is 0. The number of aromatic carboxylic acids is 1. The van der Waals surface area contributed by atoms with Crippen LogP contribution < -0.4 is 4.74 Å². The highest BCUT2D eigenvalue weighted by Gasteiger charge is 2.07. The first-order valence-electron chi connectivity index (χ1n) is 7.30. The molecule has 0 saturated heterocycles. The maximum atomic E-state index is 10.9. The van der Waals surface area contributed by atoms with Crippen molar-refractivity contribution in [1.82, 2.24) is 4.90 Å². The van der Waals surface area contributed by atoms with Crippen LogP contribution in [0.15, 0.2) is 48.5 Å². The lowest BCUT2D eigenvalue weighted by Crippen LogP contribution is -2.22. The van der Waals surface area contributed by atoms with Crippen LogP contribution in [0, 0.1) is 0 Å². The van der Waals surface area contributed by atoms with Crippen LogP contribution in [0.1, 0.15) is 28.4 Å². The lowest BCUT2D eigenvalue weighted by molar-refractivity contribution is 0.0697. The molecule has 4 heteroatoms. The van der Waals surface area contributed by atoms with Crippen LogP contribution in [0.3, 0.4) is 0 Å². The van der Waals surface area contributed by atoms with E-state index in [0.29, 0.717) is 5.56 Å². The first-order valence-corrected chi connectivity index (χ1v) is 7.30. The summed E-state index contributed by atoms with van der Waals surface area (Å²) in [6, 6.07) is 15.1. The molecule has 0 aliphatic rings. The maximum Gasteiger partial charge on any atom is 0.335 e. The number of nitrogens with zero attached hydrogens (tertiary/aromatic N) is 1. The zero-order valence-corrected chi connectivity index (χ0v) is 13.0. The van der Waals surface area contributed by atoms with E-state index in [1.165, 1.54) is 5.56 Å². The average Bonchev–Trinajstić information content (AvgIpc) is 2.55. The Bertz CT molecular complexity index is 605. The summed E-state index contributed by atoms with van der Waals surface area (Å²) in [4.78, 5) is 13.2. The average molecular weight is 299 g/mol. The number of hydrogen-bond acceptors (Lipinski definition) is 3. The smallest absolute Gasteiger partial charge is 0.335 e. The fourth-order valence-corrected chi connectivity index (χ4v) is 2.28. The van der Waals surface area contributed by atoms with Crippen LogP contribution in [-0.2, 0) is 13.1 Å². The molecule has 2 rings (SSSR count). The van der Waals surface area contributed by atoms with E-state index in [2.05, 4.69) is 24.0 Å². The second-order valence-electron chi connectivity index (χ2n) is 5.15. The molecule has 0 radical (unpaired) electrons. The minimum Gasteiger partial charge on any atom is -0.497 e. The van der Waals surface area contributed by atoms with Gasteiger partial charge in [-0.15, -0.1) is 0 Å². The molecular weight excluding hydrogens is 278 g/mol. The molecule has 0 aliphatic carbocycles. The van der Waals surface area contributed by atoms with Gasteiger partial charge in [-0.1, -0.05) is 31.2 Å². The number of methoxy groups -OCH3 is 1. The molecule has 2 aromatic rings. The quantitative estimate of drug-likeness (QED) is 0.851. The van der Waals surface area contributed by atoms with E-state index in [1.54, 1.807) is 19.2 Å². The van der Waals surface area contributed by atoms with Crippen LogP contribution in [0.2, 0.25) is 0 Å². The Kier molecular flexibility index (Phi) is 5.55. The summed E-state index contributed by atoms with van der Waals surface area (Å²) < 4.78 is 5.17. The molecule has 0 spiro atoms. The third kappa shape index (κ3) is 4.33. The Labute approximate surface area is 131 Å². The van der Waals surface area contributed by atoms with E-state index in [9.17, 15) is 4.79 Å². The van der Waals surface area contributed by atoms with Crippen molar-refractivity contribution < 1.29 is 14.6 Å². The van der Waals surface area contributed by atoms with Gasteiger partial charge in [0.1, 0.15) is 5.75 Å². The van der Waals surface area contributed by atoms with Gasteiger partial charge in [-0.2, -0.15) is 0 Å². The molecule has 0 unspecified atom stereocenters.